The van der Waals surface area contributed by atoms with Gasteiger partial charge in [-0.1, -0.05) is 29.8 Å². The Labute approximate surface area is 147 Å². The molecule has 0 radical (unpaired) electrons. The zero-order valence-corrected chi connectivity index (χ0v) is 14.4. The molecule has 0 saturated carbocycles. The molecule has 25 heavy (non-hydrogen) atoms. The van der Waals surface area contributed by atoms with E-state index in [1.807, 2.05) is 24.5 Å². The fourth-order valence-corrected chi connectivity index (χ4v) is 3.18. The third-order valence-corrected chi connectivity index (χ3v) is 4.63. The standard InChI is InChI=1S/C20H22N4O/c1-15-4-6-16(7-5-15)13-24-9-10-25-14-19(24)20-22-12-18(23-20)17-3-2-8-21-11-17/h2-8,11-12,19H,9-10,13-14H2,1H3,(H,22,23). The molecule has 128 valence electrons. The summed E-state index contributed by atoms with van der Waals surface area (Å²) in [4.78, 5) is 14.7. The van der Waals surface area contributed by atoms with Crippen LogP contribution in [0.2, 0.25) is 0 Å². The van der Waals surface area contributed by atoms with Crippen LogP contribution >= 0.6 is 0 Å². The first-order valence-corrected chi connectivity index (χ1v) is 8.62. The summed E-state index contributed by atoms with van der Waals surface area (Å²) in [6.45, 7) is 5.34. The molecule has 1 unspecified atom stereocenters. The number of aromatic amines is 1. The predicted octanol–water partition coefficient (Wildman–Crippen LogP) is 3.35. The van der Waals surface area contributed by atoms with Crippen molar-refractivity contribution in [3.8, 4) is 11.3 Å². The maximum atomic E-state index is 5.72. The number of pyridine rings is 1. The Kier molecular flexibility index (Phi) is 4.59. The molecular formula is C20H22N4O. The molecule has 4 rings (SSSR count). The molecule has 1 N–H and O–H groups in total. The number of ether oxygens (including phenoxy) is 1. The number of nitrogens with one attached hydrogen (secondary N) is 1. The minimum Gasteiger partial charge on any atom is -0.378 e. The van der Waals surface area contributed by atoms with E-state index in [0.717, 1.165) is 36.8 Å². The number of aryl methyl sites for hydroxylation is 1. The predicted molar refractivity (Wildman–Crippen MR) is 97.0 cm³/mol. The molecule has 1 fully saturated rings. The average Bonchev–Trinajstić information content (AvgIpc) is 3.15. The average molecular weight is 334 g/mol. The topological polar surface area (TPSA) is 54.0 Å². The smallest absolute Gasteiger partial charge is 0.126 e. The first kappa shape index (κ1) is 16.0. The second-order valence-corrected chi connectivity index (χ2v) is 6.47. The highest BCUT2D eigenvalue weighted by atomic mass is 16.5. The minimum atomic E-state index is 0.139. The van der Waals surface area contributed by atoms with Crippen molar-refractivity contribution in [2.24, 2.45) is 0 Å². The van der Waals surface area contributed by atoms with Crippen molar-refractivity contribution < 1.29 is 4.74 Å². The molecule has 1 atom stereocenters. The van der Waals surface area contributed by atoms with Crippen LogP contribution in [-0.2, 0) is 11.3 Å². The van der Waals surface area contributed by atoms with Gasteiger partial charge in [0.2, 0.25) is 0 Å². The molecule has 5 nitrogen and oxygen atoms in total. The summed E-state index contributed by atoms with van der Waals surface area (Å²) in [6, 6.07) is 12.8. The Hall–Kier alpha value is -2.50. The van der Waals surface area contributed by atoms with E-state index >= 15 is 0 Å². The number of morpholine rings is 1. The molecule has 1 aliphatic heterocycles. The molecule has 1 aliphatic rings. The van der Waals surface area contributed by atoms with Crippen LogP contribution in [0.3, 0.4) is 0 Å². The Morgan fingerprint density at radius 2 is 2.08 bits per heavy atom. The van der Waals surface area contributed by atoms with Gasteiger partial charge in [0, 0.05) is 31.0 Å². The van der Waals surface area contributed by atoms with Gasteiger partial charge in [-0.25, -0.2) is 4.98 Å². The van der Waals surface area contributed by atoms with Crippen molar-refractivity contribution in [3.05, 3.63) is 71.9 Å². The fraction of sp³-hybridized carbons (Fsp3) is 0.300. The fourth-order valence-electron chi connectivity index (χ4n) is 3.18. The molecule has 2 aromatic heterocycles. The third kappa shape index (κ3) is 3.62. The first-order chi connectivity index (χ1) is 12.3. The molecule has 3 heterocycles. The second kappa shape index (κ2) is 7.17. The van der Waals surface area contributed by atoms with Gasteiger partial charge in [-0.2, -0.15) is 0 Å². The van der Waals surface area contributed by atoms with Crippen LogP contribution in [0.4, 0.5) is 0 Å². The molecule has 0 bridgehead atoms. The van der Waals surface area contributed by atoms with Crippen molar-refractivity contribution in [3.63, 3.8) is 0 Å². The number of benzene rings is 1. The van der Waals surface area contributed by atoms with Crippen molar-refractivity contribution >= 4 is 0 Å². The molecule has 3 aromatic rings. The molecule has 1 saturated heterocycles. The molecule has 0 spiro atoms. The minimum absolute atomic E-state index is 0.139. The monoisotopic (exact) mass is 334 g/mol. The van der Waals surface area contributed by atoms with E-state index in [0.29, 0.717) is 6.61 Å². The van der Waals surface area contributed by atoms with Crippen LogP contribution in [-0.4, -0.2) is 39.6 Å². The second-order valence-electron chi connectivity index (χ2n) is 6.47. The number of hydrogen-bond donors (Lipinski definition) is 1. The van der Waals surface area contributed by atoms with E-state index in [1.165, 1.54) is 11.1 Å². The summed E-state index contributed by atoms with van der Waals surface area (Å²) in [5.41, 5.74) is 4.64. The van der Waals surface area contributed by atoms with Gasteiger partial charge in [0.25, 0.3) is 0 Å². The zero-order valence-electron chi connectivity index (χ0n) is 14.4. The summed E-state index contributed by atoms with van der Waals surface area (Å²) in [7, 11) is 0. The number of nitrogens with zero attached hydrogens (tertiary/aromatic N) is 3. The number of H-pyrrole nitrogens is 1. The highest BCUT2D eigenvalue weighted by Crippen LogP contribution is 2.26. The molecule has 0 amide bonds. The zero-order chi connectivity index (χ0) is 17.1. The lowest BCUT2D eigenvalue weighted by atomic mass is 10.1. The summed E-state index contributed by atoms with van der Waals surface area (Å²) in [6.07, 6.45) is 5.50. The van der Waals surface area contributed by atoms with E-state index < -0.39 is 0 Å². The Morgan fingerprint density at radius 1 is 1.20 bits per heavy atom. The van der Waals surface area contributed by atoms with Gasteiger partial charge in [-0.05, 0) is 24.6 Å². The largest absolute Gasteiger partial charge is 0.378 e. The lowest BCUT2D eigenvalue weighted by Crippen LogP contribution is -2.39. The highest BCUT2D eigenvalue weighted by Gasteiger charge is 2.27. The van der Waals surface area contributed by atoms with E-state index in [2.05, 4.69) is 51.0 Å². The van der Waals surface area contributed by atoms with Gasteiger partial charge in [0.1, 0.15) is 5.82 Å². The summed E-state index contributed by atoms with van der Waals surface area (Å²) >= 11 is 0. The van der Waals surface area contributed by atoms with Gasteiger partial charge >= 0.3 is 0 Å². The normalized spacial score (nSPS) is 18.4. The number of hydrogen-bond acceptors (Lipinski definition) is 4. The highest BCUT2D eigenvalue weighted by molar-refractivity contribution is 5.56. The van der Waals surface area contributed by atoms with E-state index in [-0.39, 0.29) is 6.04 Å². The van der Waals surface area contributed by atoms with Gasteiger partial charge < -0.3 is 9.72 Å². The van der Waals surface area contributed by atoms with Crippen molar-refractivity contribution in [2.75, 3.05) is 19.8 Å². The quantitative estimate of drug-likeness (QED) is 0.795. The first-order valence-electron chi connectivity index (χ1n) is 8.62. The van der Waals surface area contributed by atoms with Gasteiger partial charge in [-0.15, -0.1) is 0 Å². The van der Waals surface area contributed by atoms with Gasteiger partial charge in [-0.3, -0.25) is 9.88 Å². The Morgan fingerprint density at radius 3 is 2.88 bits per heavy atom. The lowest BCUT2D eigenvalue weighted by Gasteiger charge is -2.34. The van der Waals surface area contributed by atoms with E-state index in [1.54, 1.807) is 6.20 Å². The van der Waals surface area contributed by atoms with Gasteiger partial charge in [0.05, 0.1) is 31.1 Å². The third-order valence-electron chi connectivity index (χ3n) is 4.63. The van der Waals surface area contributed by atoms with Crippen molar-refractivity contribution in [2.45, 2.75) is 19.5 Å². The van der Waals surface area contributed by atoms with Gasteiger partial charge in [0.15, 0.2) is 0 Å². The lowest BCUT2D eigenvalue weighted by molar-refractivity contribution is -0.0156. The van der Waals surface area contributed by atoms with Crippen LogP contribution in [0.5, 0.6) is 0 Å². The summed E-state index contributed by atoms with van der Waals surface area (Å²) < 4.78 is 5.72. The van der Waals surface area contributed by atoms with Crippen LogP contribution < -0.4 is 0 Å². The number of aromatic nitrogens is 3. The van der Waals surface area contributed by atoms with Crippen LogP contribution in [0, 0.1) is 6.92 Å². The van der Waals surface area contributed by atoms with Crippen molar-refractivity contribution in [1.29, 1.82) is 0 Å². The van der Waals surface area contributed by atoms with E-state index in [9.17, 15) is 0 Å². The Bertz CT molecular complexity index is 813. The summed E-state index contributed by atoms with van der Waals surface area (Å²) in [5, 5.41) is 0. The van der Waals surface area contributed by atoms with Crippen LogP contribution in [0.1, 0.15) is 23.0 Å². The van der Waals surface area contributed by atoms with Crippen LogP contribution in [0.15, 0.2) is 55.0 Å². The number of imidazole rings is 1. The van der Waals surface area contributed by atoms with E-state index in [4.69, 9.17) is 4.74 Å². The number of rotatable bonds is 4. The molecule has 1 aromatic carbocycles. The Balaban J connectivity index is 1.55. The maximum Gasteiger partial charge on any atom is 0.126 e. The van der Waals surface area contributed by atoms with Crippen molar-refractivity contribution in [1.82, 2.24) is 19.9 Å². The molecule has 5 heteroatoms. The summed E-state index contributed by atoms with van der Waals surface area (Å²) in [5.74, 6) is 0.950. The van der Waals surface area contributed by atoms with Crippen LogP contribution in [0.25, 0.3) is 11.3 Å². The molecular weight excluding hydrogens is 312 g/mol. The molecule has 0 aliphatic carbocycles. The maximum absolute atomic E-state index is 5.72. The SMILES string of the molecule is Cc1ccc(CN2CCOCC2c2ncc(-c3cccnc3)[nH]2)cc1.